The molecule has 4 rings (SSSR count). The van der Waals surface area contributed by atoms with E-state index in [4.69, 9.17) is 9.47 Å². The molecule has 0 spiro atoms. The van der Waals surface area contributed by atoms with Gasteiger partial charge in [0, 0.05) is 25.2 Å². The van der Waals surface area contributed by atoms with Gasteiger partial charge in [-0.15, -0.1) is 0 Å². The molecule has 0 aliphatic carbocycles. The minimum Gasteiger partial charge on any atom is -0.454 e. The second-order valence-electron chi connectivity index (χ2n) is 7.31. The number of hydrogen-bond donors (Lipinski definition) is 2. The molecule has 1 unspecified atom stereocenters. The zero-order valence-corrected chi connectivity index (χ0v) is 17.2. The molecule has 0 radical (unpaired) electrons. The van der Waals surface area contributed by atoms with E-state index < -0.39 is 16.1 Å². The summed E-state index contributed by atoms with van der Waals surface area (Å²) in [5.41, 5.74) is 1.05. The number of carbonyl (C=O) groups is 1. The number of ether oxygens (including phenoxy) is 2. The zero-order chi connectivity index (χ0) is 21.1. The lowest BCUT2D eigenvalue weighted by atomic mass is 10.1. The van der Waals surface area contributed by atoms with Gasteiger partial charge in [-0.05, 0) is 61.2 Å². The average molecular weight is 432 g/mol. The Morgan fingerprint density at radius 2 is 1.77 bits per heavy atom. The topological polar surface area (TPSA) is 105 Å². The van der Waals surface area contributed by atoms with Gasteiger partial charge in [0.1, 0.15) is 0 Å². The van der Waals surface area contributed by atoms with Crippen LogP contribution in [0.2, 0.25) is 0 Å². The third-order valence-electron chi connectivity index (χ3n) is 5.30. The van der Waals surface area contributed by atoms with Crippen molar-refractivity contribution in [2.24, 2.45) is 0 Å². The number of aliphatic hydroxyl groups excluding tert-OH is 1. The molecule has 1 atom stereocenters. The summed E-state index contributed by atoms with van der Waals surface area (Å²) < 4.78 is 37.1. The van der Waals surface area contributed by atoms with Gasteiger partial charge in [0.15, 0.2) is 11.5 Å². The molecule has 0 bridgehead atoms. The highest BCUT2D eigenvalue weighted by molar-refractivity contribution is 7.89. The van der Waals surface area contributed by atoms with Gasteiger partial charge in [0.2, 0.25) is 16.8 Å². The van der Waals surface area contributed by atoms with E-state index in [9.17, 15) is 18.3 Å². The van der Waals surface area contributed by atoms with Crippen molar-refractivity contribution in [2.75, 3.05) is 26.4 Å². The molecule has 2 heterocycles. The van der Waals surface area contributed by atoms with E-state index in [2.05, 4.69) is 5.32 Å². The fourth-order valence-corrected chi connectivity index (χ4v) is 5.08. The Kier molecular flexibility index (Phi) is 5.94. The molecule has 1 fully saturated rings. The number of hydrogen-bond acceptors (Lipinski definition) is 6. The van der Waals surface area contributed by atoms with Crippen molar-refractivity contribution < 1.29 is 27.8 Å². The first-order valence-corrected chi connectivity index (χ1v) is 11.4. The first-order valence-electron chi connectivity index (χ1n) is 9.91. The van der Waals surface area contributed by atoms with Crippen molar-refractivity contribution in [3.63, 3.8) is 0 Å². The van der Waals surface area contributed by atoms with Crippen LogP contribution in [0.15, 0.2) is 47.4 Å². The van der Waals surface area contributed by atoms with Gasteiger partial charge in [-0.1, -0.05) is 6.07 Å². The first kappa shape index (κ1) is 20.6. The quantitative estimate of drug-likeness (QED) is 0.694. The van der Waals surface area contributed by atoms with E-state index in [1.54, 1.807) is 18.2 Å². The zero-order valence-electron chi connectivity index (χ0n) is 16.4. The Balaban J connectivity index is 1.31. The lowest BCUT2D eigenvalue weighted by molar-refractivity contribution is 0.0942. The minimum absolute atomic E-state index is 0.170. The van der Waals surface area contributed by atoms with Crippen molar-refractivity contribution in [3.05, 3.63) is 53.6 Å². The SMILES string of the molecule is O=C(NCCC(O)c1ccc2c(c1)OCO2)c1ccc(S(=O)(=O)N2CCCC2)cc1. The standard InChI is InChI=1S/C21H24N2O6S/c24-18(16-5-8-19-20(13-16)29-14-28-19)9-10-22-21(25)15-3-6-17(7-4-15)30(26,27)23-11-1-2-12-23/h3-8,13,18,24H,1-2,9-12,14H2,(H,22,25). The summed E-state index contributed by atoms with van der Waals surface area (Å²) in [5, 5.41) is 13.1. The molecule has 0 aromatic heterocycles. The van der Waals surface area contributed by atoms with Crippen LogP contribution in [-0.4, -0.2) is 50.2 Å². The highest BCUT2D eigenvalue weighted by Gasteiger charge is 2.27. The van der Waals surface area contributed by atoms with E-state index >= 15 is 0 Å². The molecule has 2 aliphatic rings. The van der Waals surface area contributed by atoms with Crippen LogP contribution in [0, 0.1) is 0 Å². The Hall–Kier alpha value is -2.62. The number of carbonyl (C=O) groups excluding carboxylic acids is 1. The fourth-order valence-electron chi connectivity index (χ4n) is 3.57. The second kappa shape index (κ2) is 8.63. The van der Waals surface area contributed by atoms with Gasteiger partial charge in [-0.2, -0.15) is 4.31 Å². The van der Waals surface area contributed by atoms with Gasteiger partial charge >= 0.3 is 0 Å². The second-order valence-corrected chi connectivity index (χ2v) is 9.25. The Labute approximate surface area is 175 Å². The average Bonchev–Trinajstić information content (AvgIpc) is 3.45. The monoisotopic (exact) mass is 432 g/mol. The van der Waals surface area contributed by atoms with E-state index in [-0.39, 0.29) is 24.1 Å². The number of amides is 1. The molecule has 2 aromatic rings. The maximum atomic E-state index is 12.5. The molecular weight excluding hydrogens is 408 g/mol. The molecular formula is C21H24N2O6S. The van der Waals surface area contributed by atoms with Crippen LogP contribution in [0.1, 0.15) is 41.3 Å². The van der Waals surface area contributed by atoms with Crippen molar-refractivity contribution in [3.8, 4) is 11.5 Å². The van der Waals surface area contributed by atoms with E-state index in [1.807, 2.05) is 0 Å². The number of nitrogens with zero attached hydrogens (tertiary/aromatic N) is 1. The summed E-state index contributed by atoms with van der Waals surface area (Å²) in [5.74, 6) is 0.923. The van der Waals surface area contributed by atoms with Crippen molar-refractivity contribution in [1.29, 1.82) is 0 Å². The van der Waals surface area contributed by atoms with Gasteiger partial charge in [-0.25, -0.2) is 8.42 Å². The number of rotatable bonds is 7. The lowest BCUT2D eigenvalue weighted by Gasteiger charge is -2.15. The number of benzene rings is 2. The predicted octanol–water partition coefficient (Wildman–Crippen LogP) is 2.05. The first-order chi connectivity index (χ1) is 14.4. The van der Waals surface area contributed by atoms with Crippen LogP contribution in [0.5, 0.6) is 11.5 Å². The summed E-state index contributed by atoms with van der Waals surface area (Å²) in [6.45, 7) is 1.51. The Morgan fingerprint density at radius 1 is 1.07 bits per heavy atom. The van der Waals surface area contributed by atoms with E-state index in [0.717, 1.165) is 12.8 Å². The molecule has 160 valence electrons. The molecule has 8 nitrogen and oxygen atoms in total. The van der Waals surface area contributed by atoms with Crippen LogP contribution in [0.3, 0.4) is 0 Å². The molecule has 2 N–H and O–H groups in total. The largest absolute Gasteiger partial charge is 0.454 e. The summed E-state index contributed by atoms with van der Waals surface area (Å²) in [6.07, 6.45) is 1.32. The van der Waals surface area contributed by atoms with Gasteiger partial charge in [0.05, 0.1) is 11.0 Å². The molecule has 2 aliphatic heterocycles. The maximum absolute atomic E-state index is 12.5. The van der Waals surface area contributed by atoms with Crippen LogP contribution >= 0.6 is 0 Å². The van der Waals surface area contributed by atoms with E-state index in [0.29, 0.717) is 42.1 Å². The third kappa shape index (κ3) is 4.28. The number of nitrogens with one attached hydrogen (secondary N) is 1. The summed E-state index contributed by atoms with van der Waals surface area (Å²) >= 11 is 0. The molecule has 1 amide bonds. The van der Waals surface area contributed by atoms with Crippen molar-refractivity contribution in [2.45, 2.75) is 30.3 Å². The summed E-state index contributed by atoms with van der Waals surface area (Å²) in [7, 11) is -3.50. The van der Waals surface area contributed by atoms with Gasteiger partial charge in [-0.3, -0.25) is 4.79 Å². The molecule has 30 heavy (non-hydrogen) atoms. The summed E-state index contributed by atoms with van der Waals surface area (Å²) in [4.78, 5) is 12.5. The molecule has 0 saturated carbocycles. The summed E-state index contributed by atoms with van der Waals surface area (Å²) in [6, 6.07) is 11.2. The lowest BCUT2D eigenvalue weighted by Crippen LogP contribution is -2.28. The highest BCUT2D eigenvalue weighted by Crippen LogP contribution is 2.34. The predicted molar refractivity (Wildman–Crippen MR) is 109 cm³/mol. The van der Waals surface area contributed by atoms with Crippen LogP contribution in [-0.2, 0) is 10.0 Å². The van der Waals surface area contributed by atoms with Gasteiger partial charge in [0.25, 0.3) is 5.91 Å². The van der Waals surface area contributed by atoms with E-state index in [1.165, 1.54) is 28.6 Å². The molecule has 9 heteroatoms. The molecule has 2 aromatic carbocycles. The third-order valence-corrected chi connectivity index (χ3v) is 7.22. The fraction of sp³-hybridized carbons (Fsp3) is 0.381. The van der Waals surface area contributed by atoms with Crippen molar-refractivity contribution in [1.82, 2.24) is 9.62 Å². The minimum atomic E-state index is -3.50. The maximum Gasteiger partial charge on any atom is 0.251 e. The highest BCUT2D eigenvalue weighted by atomic mass is 32.2. The Bertz CT molecular complexity index is 1020. The van der Waals surface area contributed by atoms with Gasteiger partial charge < -0.3 is 19.9 Å². The number of sulfonamides is 1. The normalized spacial score (nSPS) is 17.1. The number of fused-ring (bicyclic) bond motifs is 1. The van der Waals surface area contributed by atoms with Crippen molar-refractivity contribution >= 4 is 15.9 Å². The number of aliphatic hydroxyl groups is 1. The smallest absolute Gasteiger partial charge is 0.251 e. The Morgan fingerprint density at radius 3 is 2.50 bits per heavy atom. The van der Waals surface area contributed by atoms with Crippen LogP contribution in [0.4, 0.5) is 0 Å². The van der Waals surface area contributed by atoms with Crippen LogP contribution in [0.25, 0.3) is 0 Å². The van der Waals surface area contributed by atoms with Crippen LogP contribution < -0.4 is 14.8 Å². The molecule has 1 saturated heterocycles.